The summed E-state index contributed by atoms with van der Waals surface area (Å²) in [4.78, 5) is 11.3. The molecule has 2 aromatic rings. The number of nitrogens with zero attached hydrogens (tertiary/aromatic N) is 2. The second-order valence-corrected chi connectivity index (χ2v) is 4.17. The summed E-state index contributed by atoms with van der Waals surface area (Å²) in [6, 6.07) is 13.0. The first-order chi connectivity index (χ1) is 10.1. The van der Waals surface area contributed by atoms with Gasteiger partial charge in [0.25, 0.3) is 0 Å². The lowest BCUT2D eigenvalue weighted by Crippen LogP contribution is -2.29. The first-order valence-electron chi connectivity index (χ1n) is 6.17. The van der Waals surface area contributed by atoms with E-state index in [1.807, 2.05) is 0 Å². The van der Waals surface area contributed by atoms with E-state index >= 15 is 0 Å². The summed E-state index contributed by atoms with van der Waals surface area (Å²) in [6.45, 7) is 0. The van der Waals surface area contributed by atoms with Crippen LogP contribution in [0.5, 0.6) is 0 Å². The maximum absolute atomic E-state index is 11.3. The molecule has 21 heavy (non-hydrogen) atoms. The number of methoxy groups -OCH3 is 1. The normalized spacial score (nSPS) is 10.6. The molecule has 0 aliphatic carbocycles. The fourth-order valence-corrected chi connectivity index (χ4v) is 1.69. The number of ether oxygens (including phenoxy) is 1. The van der Waals surface area contributed by atoms with Crippen molar-refractivity contribution in [2.45, 2.75) is 0 Å². The van der Waals surface area contributed by atoms with Crippen LogP contribution in [-0.4, -0.2) is 30.2 Å². The second kappa shape index (κ2) is 6.78. The zero-order chi connectivity index (χ0) is 15.2. The van der Waals surface area contributed by atoms with Gasteiger partial charge in [-0.3, -0.25) is 0 Å². The number of rotatable bonds is 4. The van der Waals surface area contributed by atoms with Gasteiger partial charge >= 0.3 is 13.1 Å². The van der Waals surface area contributed by atoms with Crippen molar-refractivity contribution in [3.8, 4) is 0 Å². The molecule has 0 unspecified atom stereocenters. The molecule has 0 bridgehead atoms. The first-order valence-corrected chi connectivity index (χ1v) is 6.17. The highest BCUT2D eigenvalue weighted by atomic mass is 16.5. The molecule has 106 valence electrons. The van der Waals surface area contributed by atoms with Crippen molar-refractivity contribution in [2.75, 3.05) is 7.11 Å². The van der Waals surface area contributed by atoms with E-state index in [1.165, 1.54) is 7.11 Å². The number of hydrogen-bond acceptors (Lipinski definition) is 6. The summed E-state index contributed by atoms with van der Waals surface area (Å²) in [5, 5.41) is 26.4. The van der Waals surface area contributed by atoms with Crippen LogP contribution < -0.4 is 5.46 Å². The Morgan fingerprint density at radius 3 is 2.33 bits per heavy atom. The molecule has 2 N–H and O–H groups in total. The van der Waals surface area contributed by atoms with Gasteiger partial charge in [0.05, 0.1) is 24.0 Å². The van der Waals surface area contributed by atoms with Crippen molar-refractivity contribution in [2.24, 2.45) is 10.2 Å². The van der Waals surface area contributed by atoms with Crippen molar-refractivity contribution in [1.29, 1.82) is 0 Å². The maximum atomic E-state index is 11.3. The molecule has 7 heteroatoms. The number of carbonyl (C=O) groups excluding carboxylic acids is 1. The molecule has 0 aromatic heterocycles. The minimum atomic E-state index is -1.61. The Balaban J connectivity index is 2.20. The first kappa shape index (κ1) is 14.9. The van der Waals surface area contributed by atoms with Gasteiger partial charge in [0, 0.05) is 5.46 Å². The van der Waals surface area contributed by atoms with Gasteiger partial charge in [-0.25, -0.2) is 4.79 Å². The van der Waals surface area contributed by atoms with Crippen LogP contribution in [0.25, 0.3) is 0 Å². The molecule has 0 amide bonds. The molecule has 2 aromatic carbocycles. The third kappa shape index (κ3) is 3.74. The molecule has 0 saturated heterocycles. The fourth-order valence-electron chi connectivity index (χ4n) is 1.69. The van der Waals surface area contributed by atoms with Crippen LogP contribution in [0, 0.1) is 0 Å². The van der Waals surface area contributed by atoms with Crippen LogP contribution in [0.15, 0.2) is 58.8 Å². The Morgan fingerprint density at radius 1 is 1.05 bits per heavy atom. The van der Waals surface area contributed by atoms with Crippen LogP contribution in [0.1, 0.15) is 10.4 Å². The standard InChI is InChI=1S/C14H13BN2O4/c1-21-14(18)10-6-8-11(9-7-10)16-17-13-5-3-2-4-12(13)15(19)20/h2-9,19-20H,1H3/b17-16+. The van der Waals surface area contributed by atoms with Gasteiger partial charge in [-0.2, -0.15) is 10.2 Å². The third-order valence-electron chi connectivity index (χ3n) is 2.78. The monoisotopic (exact) mass is 284 g/mol. The Kier molecular flexibility index (Phi) is 4.81. The highest BCUT2D eigenvalue weighted by Gasteiger charge is 2.14. The molecular formula is C14H13BN2O4. The zero-order valence-electron chi connectivity index (χ0n) is 11.3. The third-order valence-corrected chi connectivity index (χ3v) is 2.78. The largest absolute Gasteiger partial charge is 0.490 e. The Hall–Kier alpha value is -2.51. The fraction of sp³-hybridized carbons (Fsp3) is 0.0714. The molecule has 0 atom stereocenters. The number of benzene rings is 2. The van der Waals surface area contributed by atoms with Gasteiger partial charge in [-0.05, 0) is 30.3 Å². The van der Waals surface area contributed by atoms with Gasteiger partial charge < -0.3 is 14.8 Å². The lowest BCUT2D eigenvalue weighted by molar-refractivity contribution is 0.0601. The lowest BCUT2D eigenvalue weighted by Gasteiger charge is -2.02. The quantitative estimate of drug-likeness (QED) is 0.506. The molecule has 0 saturated carbocycles. The average Bonchev–Trinajstić information content (AvgIpc) is 2.52. The average molecular weight is 284 g/mol. The Morgan fingerprint density at radius 2 is 1.71 bits per heavy atom. The lowest BCUT2D eigenvalue weighted by atomic mass is 9.79. The summed E-state index contributed by atoms with van der Waals surface area (Å²) in [6.07, 6.45) is 0. The van der Waals surface area contributed by atoms with E-state index in [2.05, 4.69) is 15.0 Å². The molecule has 0 fully saturated rings. The predicted molar refractivity (Wildman–Crippen MR) is 78.2 cm³/mol. The molecule has 0 radical (unpaired) electrons. The summed E-state index contributed by atoms with van der Waals surface area (Å²) in [5.41, 5.74) is 1.59. The van der Waals surface area contributed by atoms with Gasteiger partial charge in [0.1, 0.15) is 0 Å². The summed E-state index contributed by atoms with van der Waals surface area (Å²) in [7, 11) is -0.297. The topological polar surface area (TPSA) is 91.5 Å². The van der Waals surface area contributed by atoms with E-state index in [0.29, 0.717) is 16.9 Å². The molecule has 0 aliphatic rings. The van der Waals surface area contributed by atoms with Crippen molar-refractivity contribution >= 4 is 29.9 Å². The Labute approximate surface area is 121 Å². The van der Waals surface area contributed by atoms with Crippen molar-refractivity contribution in [3.63, 3.8) is 0 Å². The van der Waals surface area contributed by atoms with E-state index in [9.17, 15) is 14.8 Å². The van der Waals surface area contributed by atoms with E-state index in [-0.39, 0.29) is 5.46 Å². The minimum Gasteiger partial charge on any atom is -0.465 e. The second-order valence-electron chi connectivity index (χ2n) is 4.17. The van der Waals surface area contributed by atoms with Crippen LogP contribution in [0.4, 0.5) is 11.4 Å². The molecular weight excluding hydrogens is 271 g/mol. The number of carbonyl (C=O) groups is 1. The maximum Gasteiger partial charge on any atom is 0.490 e. The summed E-state index contributed by atoms with van der Waals surface area (Å²) >= 11 is 0. The van der Waals surface area contributed by atoms with E-state index in [0.717, 1.165) is 0 Å². The van der Waals surface area contributed by atoms with Crippen LogP contribution in [0.2, 0.25) is 0 Å². The van der Waals surface area contributed by atoms with Gasteiger partial charge in [0.15, 0.2) is 0 Å². The summed E-state index contributed by atoms with van der Waals surface area (Å²) < 4.78 is 4.60. The molecule has 0 spiro atoms. The number of azo groups is 1. The van der Waals surface area contributed by atoms with Gasteiger partial charge in [0.2, 0.25) is 0 Å². The van der Waals surface area contributed by atoms with E-state index < -0.39 is 13.1 Å². The highest BCUT2D eigenvalue weighted by molar-refractivity contribution is 6.60. The summed E-state index contributed by atoms with van der Waals surface area (Å²) in [5.74, 6) is -0.424. The SMILES string of the molecule is COC(=O)c1ccc(/N=N/c2ccccc2B(O)O)cc1. The molecule has 0 heterocycles. The smallest absolute Gasteiger partial charge is 0.465 e. The molecule has 2 rings (SSSR count). The predicted octanol–water partition coefficient (Wildman–Crippen LogP) is 1.57. The molecule has 6 nitrogen and oxygen atoms in total. The van der Waals surface area contributed by atoms with Gasteiger partial charge in [-0.15, -0.1) is 0 Å². The number of hydrogen-bond donors (Lipinski definition) is 2. The van der Waals surface area contributed by atoms with E-state index in [4.69, 9.17) is 0 Å². The minimum absolute atomic E-state index is 0.271. The van der Waals surface area contributed by atoms with Crippen LogP contribution in [-0.2, 0) is 4.74 Å². The van der Waals surface area contributed by atoms with Crippen molar-refractivity contribution in [3.05, 3.63) is 54.1 Å². The van der Waals surface area contributed by atoms with Crippen LogP contribution in [0.3, 0.4) is 0 Å². The van der Waals surface area contributed by atoms with Crippen molar-refractivity contribution in [1.82, 2.24) is 0 Å². The van der Waals surface area contributed by atoms with Crippen LogP contribution >= 0.6 is 0 Å². The van der Waals surface area contributed by atoms with Crippen molar-refractivity contribution < 1.29 is 19.6 Å². The highest BCUT2D eigenvalue weighted by Crippen LogP contribution is 2.18. The zero-order valence-corrected chi connectivity index (χ0v) is 11.3. The van der Waals surface area contributed by atoms with Gasteiger partial charge in [-0.1, -0.05) is 18.2 Å². The molecule has 0 aliphatic heterocycles. The van der Waals surface area contributed by atoms with E-state index in [1.54, 1.807) is 48.5 Å². The Bertz CT molecular complexity index is 656. The number of esters is 1.